The van der Waals surface area contributed by atoms with Gasteiger partial charge in [0.05, 0.1) is 10.8 Å². The minimum Gasteiger partial charge on any atom is -0.356 e. The first-order chi connectivity index (χ1) is 14.7. The Bertz CT molecular complexity index is 1060. The van der Waals surface area contributed by atoms with Gasteiger partial charge in [-0.2, -0.15) is 0 Å². The molecule has 0 bridgehead atoms. The van der Waals surface area contributed by atoms with E-state index in [2.05, 4.69) is 10.0 Å². The van der Waals surface area contributed by atoms with Gasteiger partial charge >= 0.3 is 0 Å². The highest BCUT2D eigenvalue weighted by atomic mass is 32.2. The highest BCUT2D eigenvalue weighted by Crippen LogP contribution is 2.22. The number of amides is 2. The number of carbonyl (C=O) groups is 2. The maximum absolute atomic E-state index is 12.9. The van der Waals surface area contributed by atoms with E-state index in [0.717, 1.165) is 24.0 Å². The molecule has 3 rings (SSSR count). The SMILES string of the molecule is CCNC(=O)C1CCCN(C(=O)c2ccc(NS(=O)(=O)c3ccc(C)c(C)c3)cc2)C1. The number of aryl methyl sites for hydroxylation is 2. The van der Waals surface area contributed by atoms with Crippen LogP contribution in [0.5, 0.6) is 0 Å². The lowest BCUT2D eigenvalue weighted by Crippen LogP contribution is -2.45. The summed E-state index contributed by atoms with van der Waals surface area (Å²) >= 11 is 0. The first kappa shape index (κ1) is 22.8. The number of rotatable bonds is 6. The molecular weight excluding hydrogens is 414 g/mol. The van der Waals surface area contributed by atoms with Gasteiger partial charge in [-0.15, -0.1) is 0 Å². The number of nitrogens with zero attached hydrogens (tertiary/aromatic N) is 1. The number of benzene rings is 2. The molecule has 2 N–H and O–H groups in total. The third kappa shape index (κ3) is 5.44. The van der Waals surface area contributed by atoms with E-state index in [1.165, 1.54) is 0 Å². The van der Waals surface area contributed by atoms with Gasteiger partial charge in [-0.05, 0) is 81.1 Å². The molecule has 0 aliphatic carbocycles. The van der Waals surface area contributed by atoms with Gasteiger partial charge in [-0.3, -0.25) is 14.3 Å². The van der Waals surface area contributed by atoms with Gasteiger partial charge in [-0.1, -0.05) is 6.07 Å². The molecule has 8 heteroatoms. The van der Waals surface area contributed by atoms with Crippen molar-refractivity contribution in [3.8, 4) is 0 Å². The van der Waals surface area contributed by atoms with Crippen molar-refractivity contribution >= 4 is 27.5 Å². The summed E-state index contributed by atoms with van der Waals surface area (Å²) in [7, 11) is -3.72. The van der Waals surface area contributed by atoms with Gasteiger partial charge in [0.15, 0.2) is 0 Å². The van der Waals surface area contributed by atoms with Crippen LogP contribution in [0.1, 0.15) is 41.3 Å². The van der Waals surface area contributed by atoms with Crippen LogP contribution in [0.25, 0.3) is 0 Å². The van der Waals surface area contributed by atoms with Crippen LogP contribution in [0.2, 0.25) is 0 Å². The van der Waals surface area contributed by atoms with E-state index in [4.69, 9.17) is 0 Å². The molecule has 1 aliphatic rings. The molecule has 2 aromatic carbocycles. The van der Waals surface area contributed by atoms with E-state index in [0.29, 0.717) is 30.9 Å². The largest absolute Gasteiger partial charge is 0.356 e. The minimum absolute atomic E-state index is 0.0175. The molecule has 1 saturated heterocycles. The Hall–Kier alpha value is -2.87. The quantitative estimate of drug-likeness (QED) is 0.717. The van der Waals surface area contributed by atoms with Crippen LogP contribution in [0.15, 0.2) is 47.4 Å². The van der Waals surface area contributed by atoms with Crippen molar-refractivity contribution < 1.29 is 18.0 Å². The Labute approximate surface area is 183 Å². The summed E-state index contributed by atoms with van der Waals surface area (Å²) in [4.78, 5) is 26.9. The molecule has 0 spiro atoms. The van der Waals surface area contributed by atoms with Gasteiger partial charge in [-0.25, -0.2) is 8.42 Å². The minimum atomic E-state index is -3.72. The van der Waals surface area contributed by atoms with E-state index >= 15 is 0 Å². The van der Waals surface area contributed by atoms with Gasteiger partial charge in [0.25, 0.3) is 15.9 Å². The molecule has 0 saturated carbocycles. The number of hydrogen-bond acceptors (Lipinski definition) is 4. The number of likely N-dealkylation sites (tertiary alicyclic amines) is 1. The number of nitrogens with one attached hydrogen (secondary N) is 2. The van der Waals surface area contributed by atoms with Crippen LogP contribution in [-0.4, -0.2) is 44.8 Å². The van der Waals surface area contributed by atoms with Crippen LogP contribution in [-0.2, 0) is 14.8 Å². The molecule has 1 atom stereocenters. The van der Waals surface area contributed by atoms with Crippen molar-refractivity contribution in [3.63, 3.8) is 0 Å². The zero-order valence-corrected chi connectivity index (χ0v) is 19.0. The summed E-state index contributed by atoms with van der Waals surface area (Å²) in [5, 5.41) is 2.82. The Morgan fingerprint density at radius 2 is 1.77 bits per heavy atom. The molecular formula is C23H29N3O4S. The van der Waals surface area contributed by atoms with Crippen molar-refractivity contribution in [1.82, 2.24) is 10.2 Å². The maximum atomic E-state index is 12.9. The first-order valence-corrected chi connectivity index (χ1v) is 12.0. The fourth-order valence-corrected chi connectivity index (χ4v) is 4.80. The van der Waals surface area contributed by atoms with Crippen LogP contribution in [0.4, 0.5) is 5.69 Å². The Balaban J connectivity index is 1.68. The standard InChI is InChI=1S/C23H29N3O4S/c1-4-24-22(27)19-6-5-13-26(15-19)23(28)18-8-10-20(11-9-18)25-31(29,30)21-12-7-16(2)17(3)14-21/h7-12,14,19,25H,4-6,13,15H2,1-3H3,(H,24,27). The summed E-state index contributed by atoms with van der Waals surface area (Å²) in [6, 6.07) is 11.4. The van der Waals surface area contributed by atoms with Crippen LogP contribution in [0.3, 0.4) is 0 Å². The van der Waals surface area contributed by atoms with Crippen LogP contribution in [0, 0.1) is 19.8 Å². The third-order valence-electron chi connectivity index (χ3n) is 5.60. The van der Waals surface area contributed by atoms with Crippen molar-refractivity contribution in [1.29, 1.82) is 0 Å². The van der Waals surface area contributed by atoms with Gasteiger partial charge in [0.2, 0.25) is 5.91 Å². The average Bonchev–Trinajstić information content (AvgIpc) is 2.75. The lowest BCUT2D eigenvalue weighted by atomic mass is 9.96. The molecule has 1 heterocycles. The molecule has 1 aliphatic heterocycles. The summed E-state index contributed by atoms with van der Waals surface area (Å²) in [5.41, 5.74) is 2.77. The van der Waals surface area contributed by atoms with Crippen molar-refractivity contribution in [2.75, 3.05) is 24.4 Å². The second-order valence-electron chi connectivity index (χ2n) is 7.91. The number of sulfonamides is 1. The molecule has 0 aromatic heterocycles. The first-order valence-electron chi connectivity index (χ1n) is 10.5. The predicted octanol–water partition coefficient (Wildman–Crippen LogP) is 3.09. The van der Waals surface area contributed by atoms with Gasteiger partial charge in [0.1, 0.15) is 0 Å². The second kappa shape index (κ2) is 9.51. The second-order valence-corrected chi connectivity index (χ2v) is 9.60. The van der Waals surface area contributed by atoms with Crippen LogP contribution >= 0.6 is 0 Å². The molecule has 2 aromatic rings. The monoisotopic (exact) mass is 443 g/mol. The summed E-state index contributed by atoms with van der Waals surface area (Å²) in [6.07, 6.45) is 1.55. The molecule has 0 radical (unpaired) electrons. The zero-order chi connectivity index (χ0) is 22.6. The fraction of sp³-hybridized carbons (Fsp3) is 0.391. The van der Waals surface area contributed by atoms with Crippen LogP contribution < -0.4 is 10.0 Å². The highest BCUT2D eigenvalue weighted by Gasteiger charge is 2.28. The van der Waals surface area contributed by atoms with Gasteiger partial charge in [0, 0.05) is 30.9 Å². The van der Waals surface area contributed by atoms with E-state index in [9.17, 15) is 18.0 Å². The van der Waals surface area contributed by atoms with E-state index in [-0.39, 0.29) is 22.6 Å². The summed E-state index contributed by atoms with van der Waals surface area (Å²) in [6.45, 7) is 7.24. The predicted molar refractivity (Wildman–Crippen MR) is 120 cm³/mol. The zero-order valence-electron chi connectivity index (χ0n) is 18.1. The normalized spacial score (nSPS) is 16.6. The van der Waals surface area contributed by atoms with Crippen molar-refractivity contribution in [2.45, 2.75) is 38.5 Å². The smallest absolute Gasteiger partial charge is 0.261 e. The highest BCUT2D eigenvalue weighted by molar-refractivity contribution is 7.92. The number of piperidine rings is 1. The molecule has 31 heavy (non-hydrogen) atoms. The molecule has 166 valence electrons. The molecule has 2 amide bonds. The topological polar surface area (TPSA) is 95.6 Å². The average molecular weight is 444 g/mol. The maximum Gasteiger partial charge on any atom is 0.261 e. The number of hydrogen-bond donors (Lipinski definition) is 2. The lowest BCUT2D eigenvalue weighted by Gasteiger charge is -2.32. The van der Waals surface area contributed by atoms with Crippen molar-refractivity contribution in [2.24, 2.45) is 5.92 Å². The number of anilines is 1. The third-order valence-corrected chi connectivity index (χ3v) is 6.98. The van der Waals surface area contributed by atoms with E-state index < -0.39 is 10.0 Å². The fourth-order valence-electron chi connectivity index (χ4n) is 3.65. The number of carbonyl (C=O) groups excluding carboxylic acids is 2. The van der Waals surface area contributed by atoms with E-state index in [1.54, 1.807) is 47.4 Å². The van der Waals surface area contributed by atoms with Crippen molar-refractivity contribution in [3.05, 3.63) is 59.2 Å². The molecule has 7 nitrogen and oxygen atoms in total. The Morgan fingerprint density at radius 3 is 2.42 bits per heavy atom. The Kier molecular flexibility index (Phi) is 7.00. The Morgan fingerprint density at radius 1 is 1.06 bits per heavy atom. The summed E-state index contributed by atoms with van der Waals surface area (Å²) in [5.74, 6) is -0.365. The molecule has 1 fully saturated rings. The van der Waals surface area contributed by atoms with E-state index in [1.807, 2.05) is 20.8 Å². The van der Waals surface area contributed by atoms with Gasteiger partial charge < -0.3 is 10.2 Å². The summed E-state index contributed by atoms with van der Waals surface area (Å²) < 4.78 is 27.9. The lowest BCUT2D eigenvalue weighted by molar-refractivity contribution is -0.126. The molecule has 1 unspecified atom stereocenters.